The molecule has 8 heteroatoms. The van der Waals surface area contributed by atoms with Gasteiger partial charge in [0, 0.05) is 11.0 Å². The maximum Gasteiger partial charge on any atom is 0.229 e. The molecule has 2 heterocycles. The highest BCUT2D eigenvalue weighted by atomic mass is 16.7. The molecule has 3 aliphatic rings. The fraction of sp³-hybridized carbons (Fsp3) is 0.429. The molecule has 1 aromatic carbocycles. The Kier molecular flexibility index (Phi) is 4.92. The molecule has 1 saturated heterocycles. The van der Waals surface area contributed by atoms with Crippen molar-refractivity contribution < 1.29 is 34.7 Å². The topological polar surface area (TPSA) is 129 Å². The predicted octanol–water partition coefficient (Wildman–Crippen LogP) is 0.260. The number of nitrogens with zero attached hydrogens (tertiary/aromatic N) is 1. The molecule has 0 aromatic heterocycles. The lowest BCUT2D eigenvalue weighted by Crippen LogP contribution is -2.59. The third-order valence-corrected chi connectivity index (χ3v) is 5.63. The quantitative estimate of drug-likeness (QED) is 0.535. The van der Waals surface area contributed by atoms with E-state index in [1.807, 2.05) is 38.1 Å². The minimum atomic E-state index is -1.61. The van der Waals surface area contributed by atoms with E-state index < -0.39 is 48.5 Å². The minimum Gasteiger partial charge on any atom is -0.457 e. The van der Waals surface area contributed by atoms with Gasteiger partial charge >= 0.3 is 0 Å². The Morgan fingerprint density at radius 1 is 1.10 bits per heavy atom. The molecule has 0 spiro atoms. The number of aliphatic hydroxyl groups excluding tert-OH is 4. The van der Waals surface area contributed by atoms with E-state index in [0.717, 1.165) is 11.3 Å². The van der Waals surface area contributed by atoms with Crippen molar-refractivity contribution >= 4 is 17.2 Å². The summed E-state index contributed by atoms with van der Waals surface area (Å²) in [5.41, 5.74) is 2.19. The fourth-order valence-electron chi connectivity index (χ4n) is 4.01. The predicted molar refractivity (Wildman–Crippen MR) is 103 cm³/mol. The third kappa shape index (κ3) is 3.13. The van der Waals surface area contributed by atoms with Gasteiger partial charge in [0.05, 0.1) is 18.0 Å². The van der Waals surface area contributed by atoms with Crippen LogP contribution in [0.1, 0.15) is 19.4 Å². The Morgan fingerprint density at radius 3 is 2.55 bits per heavy atom. The van der Waals surface area contributed by atoms with Crippen LogP contribution in [0.25, 0.3) is 0 Å². The largest absolute Gasteiger partial charge is 0.457 e. The van der Waals surface area contributed by atoms with E-state index in [9.17, 15) is 25.2 Å². The van der Waals surface area contributed by atoms with Crippen LogP contribution in [0.5, 0.6) is 0 Å². The first kappa shape index (κ1) is 19.9. The van der Waals surface area contributed by atoms with E-state index in [1.54, 1.807) is 6.08 Å². The van der Waals surface area contributed by atoms with Gasteiger partial charge in [-0.2, -0.15) is 0 Å². The molecule has 29 heavy (non-hydrogen) atoms. The van der Waals surface area contributed by atoms with E-state index in [4.69, 9.17) is 9.47 Å². The number of benzene rings is 1. The summed E-state index contributed by atoms with van der Waals surface area (Å²) >= 11 is 0. The number of para-hydroxylation sites is 1. The summed E-state index contributed by atoms with van der Waals surface area (Å²) in [5.74, 6) is -0.474. The molecule has 4 rings (SSSR count). The second-order valence-corrected chi connectivity index (χ2v) is 7.86. The van der Waals surface area contributed by atoms with Gasteiger partial charge in [-0.15, -0.1) is 0 Å². The highest BCUT2D eigenvalue weighted by molar-refractivity contribution is 6.23. The van der Waals surface area contributed by atoms with Crippen molar-refractivity contribution in [3.63, 3.8) is 0 Å². The number of carbonyl (C=O) groups excluding carboxylic acids is 1. The van der Waals surface area contributed by atoms with E-state index in [1.165, 1.54) is 6.08 Å². The summed E-state index contributed by atoms with van der Waals surface area (Å²) in [6, 6.07) is 7.59. The summed E-state index contributed by atoms with van der Waals surface area (Å²) in [4.78, 5) is 17.3. The number of carbonyl (C=O) groups is 1. The number of aliphatic hydroxyl groups is 4. The molecule has 4 N–H and O–H groups in total. The lowest BCUT2D eigenvalue weighted by molar-refractivity contribution is -0.290. The average Bonchev–Trinajstić information content (AvgIpc) is 2.70. The molecule has 1 unspecified atom stereocenters. The molecule has 0 radical (unpaired) electrons. The molecule has 0 bridgehead atoms. The molecule has 1 aliphatic carbocycles. The Hall–Kier alpha value is -2.36. The van der Waals surface area contributed by atoms with Gasteiger partial charge in [-0.3, -0.25) is 4.79 Å². The second-order valence-electron chi connectivity index (χ2n) is 7.86. The van der Waals surface area contributed by atoms with Crippen molar-refractivity contribution in [1.29, 1.82) is 0 Å². The maximum atomic E-state index is 12.7. The van der Waals surface area contributed by atoms with Crippen LogP contribution in [0.4, 0.5) is 5.69 Å². The van der Waals surface area contributed by atoms with Crippen LogP contribution in [0.3, 0.4) is 0 Å². The van der Waals surface area contributed by atoms with E-state index in [-0.39, 0.29) is 5.76 Å². The molecule has 1 fully saturated rings. The van der Waals surface area contributed by atoms with Gasteiger partial charge in [0.15, 0.2) is 5.76 Å². The number of aliphatic imine (C=N–C) groups is 1. The first-order valence-electron chi connectivity index (χ1n) is 9.38. The zero-order valence-electron chi connectivity index (χ0n) is 16.0. The summed E-state index contributed by atoms with van der Waals surface area (Å²) in [6.07, 6.45) is -4.35. The summed E-state index contributed by atoms with van der Waals surface area (Å²) in [6.45, 7) is 3.30. The van der Waals surface area contributed by atoms with Crippen molar-refractivity contribution in [3.8, 4) is 0 Å². The number of ether oxygens (including phenoxy) is 2. The number of allylic oxidation sites excluding steroid dienone is 3. The highest BCUT2D eigenvalue weighted by Crippen LogP contribution is 2.45. The third-order valence-electron chi connectivity index (χ3n) is 5.63. The lowest BCUT2D eigenvalue weighted by Gasteiger charge is -2.41. The molecule has 2 aliphatic heterocycles. The van der Waals surface area contributed by atoms with Crippen molar-refractivity contribution in [2.45, 2.75) is 50.0 Å². The van der Waals surface area contributed by atoms with Crippen molar-refractivity contribution in [2.24, 2.45) is 4.99 Å². The number of ketones is 1. The van der Waals surface area contributed by atoms with Gasteiger partial charge in [-0.25, -0.2) is 4.99 Å². The molecule has 0 amide bonds. The maximum absolute atomic E-state index is 12.7. The van der Waals surface area contributed by atoms with Crippen molar-refractivity contribution in [1.82, 2.24) is 0 Å². The monoisotopic (exact) mass is 401 g/mol. The smallest absolute Gasteiger partial charge is 0.229 e. The number of fused-ring (bicyclic) bond motifs is 2. The van der Waals surface area contributed by atoms with Gasteiger partial charge in [0.1, 0.15) is 24.4 Å². The van der Waals surface area contributed by atoms with Gasteiger partial charge in [0.25, 0.3) is 0 Å². The molecular formula is C21H23NO7. The molecule has 154 valence electrons. The Balaban J connectivity index is 1.77. The van der Waals surface area contributed by atoms with Gasteiger partial charge in [-0.1, -0.05) is 32.0 Å². The van der Waals surface area contributed by atoms with E-state index in [2.05, 4.69) is 4.99 Å². The first-order valence-corrected chi connectivity index (χ1v) is 9.38. The summed E-state index contributed by atoms with van der Waals surface area (Å²) < 4.78 is 11.2. The van der Waals surface area contributed by atoms with Crippen LogP contribution in [0.2, 0.25) is 0 Å². The molecule has 8 nitrogen and oxygen atoms in total. The van der Waals surface area contributed by atoms with Crippen LogP contribution in [0, 0.1) is 0 Å². The average molecular weight is 401 g/mol. The second kappa shape index (κ2) is 7.16. The standard InChI is InChI=1S/C21H23NO7/c1-21(2)10-5-3-4-6-11(10)22-12-7-8-13(24)19(15(12)21)29-20-18(27)17(26)16(25)14(9-23)28-20/h3-8,14,16-18,20,23,25-27H,9H2,1-2H3/t14-,16+,17+,18-,20?/m1/s1. The normalized spacial score (nSPS) is 33.1. The van der Waals surface area contributed by atoms with Gasteiger partial charge in [0.2, 0.25) is 12.1 Å². The van der Waals surface area contributed by atoms with E-state index >= 15 is 0 Å². The number of rotatable bonds is 3. The van der Waals surface area contributed by atoms with Crippen LogP contribution in [-0.2, 0) is 19.7 Å². The van der Waals surface area contributed by atoms with E-state index in [0.29, 0.717) is 11.3 Å². The SMILES string of the molecule is CC1(C)C2=C(OC3O[C@H](CO)[C@H](O)[C@H](O)[C@H]3O)C(=O)C=CC2=Nc2ccccc21. The zero-order valence-corrected chi connectivity index (χ0v) is 16.0. The summed E-state index contributed by atoms with van der Waals surface area (Å²) in [5, 5.41) is 39.6. The number of hydrogen-bond acceptors (Lipinski definition) is 8. The van der Waals surface area contributed by atoms with Gasteiger partial charge < -0.3 is 29.9 Å². The lowest BCUT2D eigenvalue weighted by atomic mass is 9.71. The van der Waals surface area contributed by atoms with Crippen molar-refractivity contribution in [2.75, 3.05) is 6.61 Å². The molecular weight excluding hydrogens is 378 g/mol. The number of hydrogen-bond donors (Lipinski definition) is 4. The molecule has 5 atom stereocenters. The van der Waals surface area contributed by atoms with Crippen LogP contribution >= 0.6 is 0 Å². The molecule has 1 aromatic rings. The Bertz CT molecular complexity index is 931. The summed E-state index contributed by atoms with van der Waals surface area (Å²) in [7, 11) is 0. The van der Waals surface area contributed by atoms with Gasteiger partial charge in [-0.05, 0) is 23.8 Å². The fourth-order valence-corrected chi connectivity index (χ4v) is 4.01. The molecule has 0 saturated carbocycles. The van der Waals surface area contributed by atoms with Crippen LogP contribution in [0.15, 0.2) is 52.7 Å². The highest BCUT2D eigenvalue weighted by Gasteiger charge is 2.47. The van der Waals surface area contributed by atoms with Crippen molar-refractivity contribution in [3.05, 3.63) is 53.3 Å². The minimum absolute atomic E-state index is 0.0462. The Labute approximate surface area is 167 Å². The zero-order chi connectivity index (χ0) is 20.9. The Morgan fingerprint density at radius 2 is 1.83 bits per heavy atom. The van der Waals surface area contributed by atoms with Crippen LogP contribution < -0.4 is 0 Å². The first-order chi connectivity index (χ1) is 13.8. The van der Waals surface area contributed by atoms with Crippen LogP contribution in [-0.4, -0.2) is 69.2 Å².